The molecule has 208 valence electrons. The number of rotatable bonds is 7. The predicted octanol–water partition coefficient (Wildman–Crippen LogP) is 6.58. The van der Waals surface area contributed by atoms with E-state index in [2.05, 4.69) is 41.1 Å². The second kappa shape index (κ2) is 10.4. The lowest BCUT2D eigenvalue weighted by Gasteiger charge is -2.32. The molecule has 1 saturated carbocycles. The molecule has 8 nitrogen and oxygen atoms in total. The van der Waals surface area contributed by atoms with E-state index in [0.29, 0.717) is 22.7 Å². The summed E-state index contributed by atoms with van der Waals surface area (Å²) in [6, 6.07) is 22.1. The number of fused-ring (bicyclic) bond motifs is 4. The molecule has 1 N–H and O–H groups in total. The summed E-state index contributed by atoms with van der Waals surface area (Å²) in [7, 11) is 0. The Bertz CT molecular complexity index is 1750. The summed E-state index contributed by atoms with van der Waals surface area (Å²) in [6.07, 6.45) is 5.48. The fraction of sp³-hybridized carbons (Fsp3) is 0.273. The number of ether oxygens (including phenoxy) is 2. The van der Waals surface area contributed by atoms with Crippen molar-refractivity contribution in [1.29, 1.82) is 0 Å². The van der Waals surface area contributed by atoms with E-state index in [1.807, 2.05) is 18.2 Å². The fourth-order valence-corrected chi connectivity index (χ4v) is 6.29. The van der Waals surface area contributed by atoms with Crippen molar-refractivity contribution in [2.45, 2.75) is 51.2 Å². The van der Waals surface area contributed by atoms with Crippen molar-refractivity contribution in [2.24, 2.45) is 0 Å². The van der Waals surface area contributed by atoms with Crippen molar-refractivity contribution in [1.82, 2.24) is 9.88 Å². The monoisotopic (exact) mass is 549 g/mol. The van der Waals surface area contributed by atoms with Gasteiger partial charge in [0.25, 0.3) is 5.91 Å². The van der Waals surface area contributed by atoms with Crippen LogP contribution in [0, 0.1) is 0 Å². The lowest BCUT2D eigenvalue weighted by Crippen LogP contribution is -2.46. The number of carbonyl (C=O) groups is 2. The average molecular weight is 550 g/mol. The van der Waals surface area contributed by atoms with Crippen LogP contribution in [0.3, 0.4) is 0 Å². The maximum absolute atomic E-state index is 14.3. The van der Waals surface area contributed by atoms with Crippen molar-refractivity contribution in [2.75, 3.05) is 11.7 Å². The molecule has 1 atom stereocenters. The number of nitrogens with one attached hydrogen (secondary N) is 1. The number of hydrogen-bond acceptors (Lipinski definition) is 5. The van der Waals surface area contributed by atoms with E-state index in [1.165, 1.54) is 11.2 Å². The molecule has 0 radical (unpaired) electrons. The predicted molar refractivity (Wildman–Crippen MR) is 156 cm³/mol. The molecule has 41 heavy (non-hydrogen) atoms. The summed E-state index contributed by atoms with van der Waals surface area (Å²) in [5, 5.41) is 5.40. The average Bonchev–Trinajstić information content (AvgIpc) is 3.82. The van der Waals surface area contributed by atoms with Crippen LogP contribution in [0.4, 0.5) is 5.69 Å². The zero-order valence-electron chi connectivity index (χ0n) is 22.8. The largest absolute Gasteiger partial charge is 0.459 e. The first-order valence-electron chi connectivity index (χ1n) is 14.2. The van der Waals surface area contributed by atoms with Crippen LogP contribution in [0.1, 0.15) is 54.8 Å². The molecular formula is C33H31N3O5. The van der Waals surface area contributed by atoms with Crippen LogP contribution >= 0.6 is 0 Å². The molecule has 2 amide bonds. The Labute approximate surface area is 237 Å². The van der Waals surface area contributed by atoms with Crippen LogP contribution in [-0.2, 0) is 11.3 Å². The number of anilines is 1. The summed E-state index contributed by atoms with van der Waals surface area (Å²) >= 11 is 0. The van der Waals surface area contributed by atoms with E-state index < -0.39 is 11.9 Å². The van der Waals surface area contributed by atoms with E-state index in [-0.39, 0.29) is 24.5 Å². The first-order chi connectivity index (χ1) is 20.1. The Balaban J connectivity index is 1.42. The number of furan rings is 1. The minimum atomic E-state index is -0.957. The second-order valence-corrected chi connectivity index (χ2v) is 10.6. The molecular weight excluding hydrogens is 518 g/mol. The van der Waals surface area contributed by atoms with Crippen molar-refractivity contribution in [3.8, 4) is 11.5 Å². The Morgan fingerprint density at radius 1 is 0.927 bits per heavy atom. The molecule has 0 spiro atoms. The van der Waals surface area contributed by atoms with Gasteiger partial charge in [-0.15, -0.1) is 0 Å². The van der Waals surface area contributed by atoms with Crippen molar-refractivity contribution < 1.29 is 23.5 Å². The Morgan fingerprint density at radius 3 is 2.54 bits per heavy atom. The molecule has 1 unspecified atom stereocenters. The van der Waals surface area contributed by atoms with Gasteiger partial charge in [-0.25, -0.2) is 0 Å². The summed E-state index contributed by atoms with van der Waals surface area (Å²) < 4.78 is 19.0. The van der Waals surface area contributed by atoms with Crippen LogP contribution < -0.4 is 19.7 Å². The topological polar surface area (TPSA) is 85.9 Å². The summed E-state index contributed by atoms with van der Waals surface area (Å²) in [5.41, 5.74) is 3.44. The van der Waals surface area contributed by atoms with Crippen molar-refractivity contribution in [3.63, 3.8) is 0 Å². The number of aryl methyl sites for hydroxylation is 1. The summed E-state index contributed by atoms with van der Waals surface area (Å²) in [5.74, 6) is 0.616. The number of amides is 2. The quantitative estimate of drug-likeness (QED) is 0.248. The molecule has 0 saturated heterocycles. The lowest BCUT2D eigenvalue weighted by atomic mass is 9.99. The third-order valence-corrected chi connectivity index (χ3v) is 8.22. The van der Waals surface area contributed by atoms with Gasteiger partial charge in [0.2, 0.25) is 12.7 Å². The maximum Gasteiger partial charge on any atom is 0.294 e. The summed E-state index contributed by atoms with van der Waals surface area (Å²) in [6.45, 7) is 3.05. The standard InChI is InChI=1S/C33H31N3O5/c1-2-35-26-11-6-5-10-24(26)25-18-21(13-15-27(25)35)31(32(37)34-22-8-3-4-9-22)36(33(38)29-12-7-17-39-29)23-14-16-28-30(19-23)41-20-40-28/h5-7,10-19,22,31H,2-4,8-9,20H2,1H3,(H,34,37). The van der Waals surface area contributed by atoms with Gasteiger partial charge >= 0.3 is 0 Å². The maximum atomic E-state index is 14.3. The van der Waals surface area contributed by atoms with Gasteiger partial charge in [-0.05, 0) is 67.8 Å². The highest BCUT2D eigenvalue weighted by molar-refractivity contribution is 6.11. The first kappa shape index (κ1) is 25.3. The normalized spacial score (nSPS) is 15.4. The van der Waals surface area contributed by atoms with E-state index in [0.717, 1.165) is 54.0 Å². The Hall–Kier alpha value is -4.72. The molecule has 2 aromatic heterocycles. The molecule has 3 aromatic carbocycles. The van der Waals surface area contributed by atoms with Gasteiger partial charge in [0, 0.05) is 46.1 Å². The molecule has 3 heterocycles. The zero-order valence-corrected chi connectivity index (χ0v) is 22.8. The Kier molecular flexibility index (Phi) is 6.38. The third kappa shape index (κ3) is 4.40. The van der Waals surface area contributed by atoms with Gasteiger partial charge in [0.05, 0.1) is 6.26 Å². The smallest absolute Gasteiger partial charge is 0.294 e. The fourth-order valence-electron chi connectivity index (χ4n) is 6.29. The van der Waals surface area contributed by atoms with Gasteiger partial charge in [0.1, 0.15) is 6.04 Å². The number of carbonyl (C=O) groups excluding carboxylic acids is 2. The van der Waals surface area contributed by atoms with E-state index in [9.17, 15) is 9.59 Å². The minimum Gasteiger partial charge on any atom is -0.459 e. The van der Waals surface area contributed by atoms with E-state index in [4.69, 9.17) is 13.9 Å². The molecule has 1 fully saturated rings. The van der Waals surface area contributed by atoms with Crippen molar-refractivity contribution in [3.05, 3.63) is 90.4 Å². The molecule has 2 aliphatic rings. The van der Waals surface area contributed by atoms with Crippen molar-refractivity contribution >= 4 is 39.3 Å². The SMILES string of the molecule is CCn1c2ccccc2c2cc(C(C(=O)NC3CCCC3)N(C(=O)c3ccco3)c3ccc4c(c3)OCO4)ccc21. The molecule has 5 aromatic rings. The lowest BCUT2D eigenvalue weighted by molar-refractivity contribution is -0.123. The Morgan fingerprint density at radius 2 is 1.73 bits per heavy atom. The zero-order chi connectivity index (χ0) is 27.9. The van der Waals surface area contributed by atoms with E-state index in [1.54, 1.807) is 30.3 Å². The molecule has 1 aliphatic carbocycles. The van der Waals surface area contributed by atoms with E-state index >= 15 is 0 Å². The number of hydrogen-bond donors (Lipinski definition) is 1. The number of nitrogens with zero attached hydrogens (tertiary/aromatic N) is 2. The second-order valence-electron chi connectivity index (χ2n) is 10.6. The van der Waals surface area contributed by atoms with Crippen LogP contribution in [0.2, 0.25) is 0 Å². The van der Waals surface area contributed by atoms with Gasteiger partial charge in [-0.3, -0.25) is 14.5 Å². The van der Waals surface area contributed by atoms with Gasteiger partial charge in [-0.1, -0.05) is 37.1 Å². The highest BCUT2D eigenvalue weighted by Gasteiger charge is 2.37. The molecule has 1 aliphatic heterocycles. The van der Waals surface area contributed by atoms with Gasteiger partial charge in [-0.2, -0.15) is 0 Å². The minimum absolute atomic E-state index is 0.0769. The number of benzene rings is 3. The highest BCUT2D eigenvalue weighted by atomic mass is 16.7. The van der Waals surface area contributed by atoms with Crippen LogP contribution in [-0.4, -0.2) is 29.2 Å². The number of para-hydroxylation sites is 1. The summed E-state index contributed by atoms with van der Waals surface area (Å²) in [4.78, 5) is 30.0. The molecule has 0 bridgehead atoms. The first-order valence-corrected chi connectivity index (χ1v) is 14.2. The molecule has 7 rings (SSSR count). The van der Waals surface area contributed by atoms with Crippen LogP contribution in [0.5, 0.6) is 11.5 Å². The van der Waals surface area contributed by atoms with Crippen LogP contribution in [0.15, 0.2) is 83.5 Å². The van der Waals surface area contributed by atoms with Gasteiger partial charge in [0.15, 0.2) is 17.3 Å². The van der Waals surface area contributed by atoms with Crippen LogP contribution in [0.25, 0.3) is 21.8 Å². The van der Waals surface area contributed by atoms with Gasteiger partial charge < -0.3 is 23.8 Å². The third-order valence-electron chi connectivity index (χ3n) is 8.22. The highest BCUT2D eigenvalue weighted by Crippen LogP contribution is 2.40. The molecule has 8 heteroatoms. The number of aromatic nitrogens is 1.